The van der Waals surface area contributed by atoms with Gasteiger partial charge in [0.15, 0.2) is 5.78 Å². The second kappa shape index (κ2) is 2.22. The lowest BCUT2D eigenvalue weighted by atomic mass is 9.86. The zero-order valence-electron chi connectivity index (χ0n) is 6.05. The molecule has 0 aromatic rings. The highest BCUT2D eigenvalue weighted by atomic mass is 16.1. The van der Waals surface area contributed by atoms with Gasteiger partial charge in [-0.05, 0) is 30.8 Å². The second-order valence-corrected chi connectivity index (χ2v) is 3.38. The van der Waals surface area contributed by atoms with Gasteiger partial charge < -0.3 is 0 Å². The molecule has 0 spiro atoms. The van der Waals surface area contributed by atoms with Crippen molar-refractivity contribution in [2.24, 2.45) is 11.8 Å². The van der Waals surface area contributed by atoms with Crippen LogP contribution in [0.1, 0.15) is 25.7 Å². The minimum absolute atomic E-state index is 0.336. The fourth-order valence-corrected chi connectivity index (χ4v) is 2.13. The Hall–Kier alpha value is -0.590. The third-order valence-corrected chi connectivity index (χ3v) is 2.71. The van der Waals surface area contributed by atoms with Gasteiger partial charge in [-0.3, -0.25) is 4.79 Å². The van der Waals surface area contributed by atoms with E-state index in [4.69, 9.17) is 0 Å². The maximum Gasteiger partial charge on any atom is 0.155 e. The lowest BCUT2D eigenvalue weighted by Gasteiger charge is -2.17. The Balaban J connectivity index is 2.16. The summed E-state index contributed by atoms with van der Waals surface area (Å²) in [5, 5.41) is 0. The smallest absolute Gasteiger partial charge is 0.155 e. The first-order valence-corrected chi connectivity index (χ1v) is 4.07. The van der Waals surface area contributed by atoms with Gasteiger partial charge in [-0.15, -0.1) is 0 Å². The molecule has 10 heavy (non-hydrogen) atoms. The summed E-state index contributed by atoms with van der Waals surface area (Å²) in [5.74, 6) is 1.79. The maximum atomic E-state index is 10.9. The van der Waals surface area contributed by atoms with Gasteiger partial charge in [-0.25, -0.2) is 0 Å². The molecule has 0 aromatic heterocycles. The van der Waals surface area contributed by atoms with Gasteiger partial charge in [-0.1, -0.05) is 12.5 Å². The third kappa shape index (κ3) is 0.898. The molecule has 1 heteroatoms. The van der Waals surface area contributed by atoms with E-state index in [-0.39, 0.29) is 0 Å². The van der Waals surface area contributed by atoms with Gasteiger partial charge in [0.2, 0.25) is 0 Å². The molecular formula is C9H12O. The number of carbonyl (C=O) groups excluding carboxylic acids is 1. The maximum absolute atomic E-state index is 10.9. The van der Waals surface area contributed by atoms with Crippen LogP contribution in [0, 0.1) is 11.8 Å². The first-order chi connectivity index (χ1) is 4.86. The Morgan fingerprint density at radius 1 is 1.40 bits per heavy atom. The summed E-state index contributed by atoms with van der Waals surface area (Å²) >= 11 is 0. The molecule has 0 N–H and O–H groups in total. The molecule has 2 aliphatic carbocycles. The summed E-state index contributed by atoms with van der Waals surface area (Å²) in [5.41, 5.74) is 0. The predicted molar refractivity (Wildman–Crippen MR) is 39.6 cm³/mol. The van der Waals surface area contributed by atoms with Crippen molar-refractivity contribution in [1.82, 2.24) is 0 Å². The Morgan fingerprint density at radius 2 is 2.30 bits per heavy atom. The van der Waals surface area contributed by atoms with Crippen LogP contribution in [-0.4, -0.2) is 5.78 Å². The molecular weight excluding hydrogens is 124 g/mol. The van der Waals surface area contributed by atoms with E-state index in [9.17, 15) is 4.79 Å². The van der Waals surface area contributed by atoms with Crippen LogP contribution < -0.4 is 0 Å². The fourth-order valence-electron chi connectivity index (χ4n) is 2.13. The number of hydrogen-bond donors (Lipinski definition) is 0. The minimum atomic E-state index is 0.336. The van der Waals surface area contributed by atoms with Gasteiger partial charge in [0, 0.05) is 6.42 Å². The van der Waals surface area contributed by atoms with E-state index in [1.807, 2.05) is 0 Å². The SMILES string of the molecule is O=C1C=C[C@@H]2CCC[C@H]2C1. The summed E-state index contributed by atoms with van der Waals surface area (Å²) in [6.45, 7) is 0. The fraction of sp³-hybridized carbons (Fsp3) is 0.667. The molecule has 0 bridgehead atoms. The Kier molecular flexibility index (Phi) is 1.37. The summed E-state index contributed by atoms with van der Waals surface area (Å²) in [6, 6.07) is 0. The lowest BCUT2D eigenvalue weighted by Crippen LogP contribution is -2.14. The van der Waals surface area contributed by atoms with Gasteiger partial charge in [0.1, 0.15) is 0 Å². The van der Waals surface area contributed by atoms with Crippen molar-refractivity contribution in [3.8, 4) is 0 Å². The Labute approximate surface area is 61.1 Å². The summed E-state index contributed by atoms with van der Waals surface area (Å²) in [6.07, 6.45) is 8.62. The average Bonchev–Trinajstić information content (AvgIpc) is 2.33. The molecule has 0 aliphatic heterocycles. The van der Waals surface area contributed by atoms with Crippen molar-refractivity contribution in [2.45, 2.75) is 25.7 Å². The van der Waals surface area contributed by atoms with E-state index >= 15 is 0 Å². The molecule has 0 heterocycles. The van der Waals surface area contributed by atoms with Crippen LogP contribution in [0.5, 0.6) is 0 Å². The number of ketones is 1. The van der Waals surface area contributed by atoms with Crippen molar-refractivity contribution in [2.75, 3.05) is 0 Å². The molecule has 2 atom stereocenters. The quantitative estimate of drug-likeness (QED) is 0.497. The van der Waals surface area contributed by atoms with E-state index in [0.29, 0.717) is 11.7 Å². The van der Waals surface area contributed by atoms with E-state index in [1.54, 1.807) is 6.08 Å². The molecule has 1 saturated carbocycles. The van der Waals surface area contributed by atoms with Gasteiger partial charge in [-0.2, -0.15) is 0 Å². The molecule has 0 unspecified atom stereocenters. The zero-order chi connectivity index (χ0) is 6.97. The molecule has 0 aromatic carbocycles. The average molecular weight is 136 g/mol. The number of rotatable bonds is 0. The largest absolute Gasteiger partial charge is 0.295 e. The molecule has 0 saturated heterocycles. The van der Waals surface area contributed by atoms with E-state index < -0.39 is 0 Å². The summed E-state index contributed by atoms with van der Waals surface area (Å²) < 4.78 is 0. The van der Waals surface area contributed by atoms with Crippen LogP contribution in [0.3, 0.4) is 0 Å². The predicted octanol–water partition coefficient (Wildman–Crippen LogP) is 1.93. The van der Waals surface area contributed by atoms with Crippen LogP contribution >= 0.6 is 0 Å². The van der Waals surface area contributed by atoms with Gasteiger partial charge in [0.25, 0.3) is 0 Å². The highest BCUT2D eigenvalue weighted by Gasteiger charge is 2.29. The Morgan fingerprint density at radius 3 is 3.20 bits per heavy atom. The molecule has 2 rings (SSSR count). The standard InChI is InChI=1S/C9H12O/c10-9-5-4-7-2-1-3-8(7)6-9/h4-5,7-8H,1-3,6H2/t7-,8-/m0/s1. The third-order valence-electron chi connectivity index (χ3n) is 2.71. The van der Waals surface area contributed by atoms with Gasteiger partial charge >= 0.3 is 0 Å². The van der Waals surface area contributed by atoms with Crippen molar-refractivity contribution in [3.63, 3.8) is 0 Å². The summed E-state index contributed by atoms with van der Waals surface area (Å²) in [4.78, 5) is 10.9. The van der Waals surface area contributed by atoms with Crippen molar-refractivity contribution < 1.29 is 4.79 Å². The molecule has 0 radical (unpaired) electrons. The first-order valence-electron chi connectivity index (χ1n) is 4.07. The normalized spacial score (nSPS) is 38.2. The first kappa shape index (κ1) is 6.14. The lowest BCUT2D eigenvalue weighted by molar-refractivity contribution is -0.116. The minimum Gasteiger partial charge on any atom is -0.295 e. The highest BCUT2D eigenvalue weighted by Crippen LogP contribution is 2.37. The van der Waals surface area contributed by atoms with Crippen LogP contribution in [0.15, 0.2) is 12.2 Å². The van der Waals surface area contributed by atoms with Crippen LogP contribution in [0.2, 0.25) is 0 Å². The van der Waals surface area contributed by atoms with E-state index in [1.165, 1.54) is 19.3 Å². The number of hydrogen-bond acceptors (Lipinski definition) is 1. The van der Waals surface area contributed by atoms with Gasteiger partial charge in [0.05, 0.1) is 0 Å². The van der Waals surface area contributed by atoms with Crippen molar-refractivity contribution in [1.29, 1.82) is 0 Å². The Bertz CT molecular complexity index is 181. The highest BCUT2D eigenvalue weighted by molar-refractivity contribution is 5.90. The van der Waals surface area contributed by atoms with Crippen LogP contribution in [-0.2, 0) is 4.79 Å². The van der Waals surface area contributed by atoms with Crippen LogP contribution in [0.25, 0.3) is 0 Å². The monoisotopic (exact) mass is 136 g/mol. The zero-order valence-corrected chi connectivity index (χ0v) is 6.05. The number of fused-ring (bicyclic) bond motifs is 1. The molecule has 1 fully saturated rings. The van der Waals surface area contributed by atoms with Crippen LogP contribution in [0.4, 0.5) is 0 Å². The molecule has 54 valence electrons. The number of allylic oxidation sites excluding steroid dienone is 2. The van der Waals surface area contributed by atoms with Crippen molar-refractivity contribution >= 4 is 5.78 Å². The molecule has 1 nitrogen and oxygen atoms in total. The number of carbonyl (C=O) groups is 1. The van der Waals surface area contributed by atoms with E-state index in [2.05, 4.69) is 6.08 Å². The molecule has 0 amide bonds. The molecule has 2 aliphatic rings. The van der Waals surface area contributed by atoms with E-state index in [0.717, 1.165) is 12.3 Å². The summed E-state index contributed by atoms with van der Waals surface area (Å²) in [7, 11) is 0. The second-order valence-electron chi connectivity index (χ2n) is 3.38. The van der Waals surface area contributed by atoms with Crippen molar-refractivity contribution in [3.05, 3.63) is 12.2 Å². The topological polar surface area (TPSA) is 17.1 Å².